The predicted molar refractivity (Wildman–Crippen MR) is 99.4 cm³/mol. The molecule has 26 heavy (non-hydrogen) atoms. The van der Waals surface area contributed by atoms with E-state index in [0.717, 1.165) is 0 Å². The standard InChI is InChI=1S/C19H27N3O4/c1-12(2)11-22-17(23)15-7-6-14(10-16(15)18(22)24)21-19(25)20-8-5-9-26-13(3)4/h6-7,10,12-13H,5,8-9,11H2,1-4H3,(H2,20,21,25). The van der Waals surface area contributed by atoms with Crippen molar-refractivity contribution in [2.75, 3.05) is 25.0 Å². The topological polar surface area (TPSA) is 87.7 Å². The maximum atomic E-state index is 12.4. The highest BCUT2D eigenvalue weighted by molar-refractivity contribution is 6.21. The summed E-state index contributed by atoms with van der Waals surface area (Å²) in [6.45, 7) is 9.28. The number of carbonyl (C=O) groups is 3. The lowest BCUT2D eigenvalue weighted by Crippen LogP contribution is -2.33. The third-order valence-corrected chi connectivity index (χ3v) is 3.83. The van der Waals surface area contributed by atoms with Gasteiger partial charge in [0.2, 0.25) is 0 Å². The fourth-order valence-corrected chi connectivity index (χ4v) is 2.67. The van der Waals surface area contributed by atoms with Crippen molar-refractivity contribution >= 4 is 23.5 Å². The van der Waals surface area contributed by atoms with Crippen molar-refractivity contribution in [1.82, 2.24) is 10.2 Å². The van der Waals surface area contributed by atoms with E-state index in [-0.39, 0.29) is 29.9 Å². The molecule has 142 valence electrons. The number of nitrogens with zero attached hydrogens (tertiary/aromatic N) is 1. The normalized spacial score (nSPS) is 13.5. The number of anilines is 1. The average molecular weight is 361 g/mol. The Morgan fingerprint density at radius 3 is 2.46 bits per heavy atom. The maximum Gasteiger partial charge on any atom is 0.319 e. The minimum Gasteiger partial charge on any atom is -0.379 e. The Labute approximate surface area is 154 Å². The van der Waals surface area contributed by atoms with E-state index in [2.05, 4.69) is 10.6 Å². The molecule has 2 N–H and O–H groups in total. The summed E-state index contributed by atoms with van der Waals surface area (Å²) in [7, 11) is 0. The Morgan fingerprint density at radius 2 is 1.81 bits per heavy atom. The van der Waals surface area contributed by atoms with Gasteiger partial charge >= 0.3 is 6.03 Å². The first-order chi connectivity index (χ1) is 12.3. The fourth-order valence-electron chi connectivity index (χ4n) is 2.67. The largest absolute Gasteiger partial charge is 0.379 e. The number of nitrogens with one attached hydrogen (secondary N) is 2. The van der Waals surface area contributed by atoms with Gasteiger partial charge in [0, 0.05) is 25.4 Å². The van der Waals surface area contributed by atoms with E-state index in [1.165, 1.54) is 4.90 Å². The van der Waals surface area contributed by atoms with Crippen LogP contribution in [-0.2, 0) is 4.74 Å². The number of hydrogen-bond acceptors (Lipinski definition) is 4. The second kappa shape index (κ2) is 8.80. The summed E-state index contributed by atoms with van der Waals surface area (Å²) in [6, 6.07) is 4.41. The Balaban J connectivity index is 1.92. The molecule has 0 saturated carbocycles. The number of imide groups is 1. The Bertz CT molecular complexity index is 685. The van der Waals surface area contributed by atoms with Crippen LogP contribution in [0.2, 0.25) is 0 Å². The summed E-state index contributed by atoms with van der Waals surface area (Å²) < 4.78 is 5.41. The van der Waals surface area contributed by atoms with E-state index in [1.807, 2.05) is 27.7 Å². The van der Waals surface area contributed by atoms with Crippen molar-refractivity contribution in [3.05, 3.63) is 29.3 Å². The number of ether oxygens (including phenoxy) is 1. The SMILES string of the molecule is CC(C)CN1C(=O)c2ccc(NC(=O)NCCCOC(C)C)cc2C1=O. The quantitative estimate of drug-likeness (QED) is 0.550. The van der Waals surface area contributed by atoms with Crippen LogP contribution in [0.4, 0.5) is 10.5 Å². The van der Waals surface area contributed by atoms with E-state index in [1.54, 1.807) is 18.2 Å². The molecule has 1 aliphatic heterocycles. The number of fused-ring (bicyclic) bond motifs is 1. The summed E-state index contributed by atoms with van der Waals surface area (Å²) in [5.74, 6) is -0.395. The third-order valence-electron chi connectivity index (χ3n) is 3.83. The van der Waals surface area contributed by atoms with E-state index in [0.29, 0.717) is 42.9 Å². The monoisotopic (exact) mass is 361 g/mol. The van der Waals surface area contributed by atoms with Crippen molar-refractivity contribution in [3.63, 3.8) is 0 Å². The molecule has 1 aliphatic rings. The fraction of sp³-hybridized carbons (Fsp3) is 0.526. The highest BCUT2D eigenvalue weighted by Crippen LogP contribution is 2.26. The van der Waals surface area contributed by atoms with Gasteiger partial charge in [-0.3, -0.25) is 14.5 Å². The van der Waals surface area contributed by atoms with Gasteiger partial charge in [-0.25, -0.2) is 4.79 Å². The molecular weight excluding hydrogens is 334 g/mol. The summed E-state index contributed by atoms with van der Waals surface area (Å²) in [4.78, 5) is 38.0. The Kier molecular flexibility index (Phi) is 6.74. The van der Waals surface area contributed by atoms with Gasteiger partial charge in [0.1, 0.15) is 0 Å². The molecule has 1 aromatic rings. The van der Waals surface area contributed by atoms with E-state index in [9.17, 15) is 14.4 Å². The highest BCUT2D eigenvalue weighted by Gasteiger charge is 2.35. The molecule has 0 atom stereocenters. The van der Waals surface area contributed by atoms with Crippen LogP contribution in [0.15, 0.2) is 18.2 Å². The van der Waals surface area contributed by atoms with E-state index < -0.39 is 0 Å². The van der Waals surface area contributed by atoms with Crippen LogP contribution in [0.1, 0.15) is 54.8 Å². The van der Waals surface area contributed by atoms with Crippen LogP contribution in [0, 0.1) is 5.92 Å². The molecule has 0 fully saturated rings. The van der Waals surface area contributed by atoms with Gasteiger partial charge in [-0.05, 0) is 44.4 Å². The summed E-state index contributed by atoms with van der Waals surface area (Å²) in [5, 5.41) is 5.42. The maximum absolute atomic E-state index is 12.4. The Morgan fingerprint density at radius 1 is 1.12 bits per heavy atom. The van der Waals surface area contributed by atoms with Gasteiger partial charge in [0.15, 0.2) is 0 Å². The molecule has 4 amide bonds. The molecule has 0 aromatic heterocycles. The minimum atomic E-state index is -0.356. The molecular formula is C19H27N3O4. The molecule has 0 spiro atoms. The summed E-state index contributed by atoms with van der Waals surface area (Å²) in [6.07, 6.45) is 0.887. The lowest BCUT2D eigenvalue weighted by molar-refractivity contribution is 0.0636. The molecule has 2 rings (SSSR count). The number of urea groups is 1. The lowest BCUT2D eigenvalue weighted by atomic mass is 10.1. The molecule has 0 saturated heterocycles. The summed E-state index contributed by atoms with van der Waals surface area (Å²) in [5.41, 5.74) is 1.19. The highest BCUT2D eigenvalue weighted by atomic mass is 16.5. The zero-order valence-corrected chi connectivity index (χ0v) is 15.8. The van der Waals surface area contributed by atoms with Gasteiger partial charge in [-0.2, -0.15) is 0 Å². The summed E-state index contributed by atoms with van der Waals surface area (Å²) >= 11 is 0. The minimum absolute atomic E-state index is 0.172. The van der Waals surface area contributed by atoms with Crippen LogP contribution >= 0.6 is 0 Å². The van der Waals surface area contributed by atoms with E-state index in [4.69, 9.17) is 4.74 Å². The Hall–Kier alpha value is -2.41. The number of carbonyl (C=O) groups excluding carboxylic acids is 3. The smallest absolute Gasteiger partial charge is 0.319 e. The number of rotatable bonds is 8. The molecule has 7 heteroatoms. The van der Waals surface area contributed by atoms with Crippen molar-refractivity contribution in [1.29, 1.82) is 0 Å². The zero-order valence-electron chi connectivity index (χ0n) is 15.8. The van der Waals surface area contributed by atoms with Gasteiger partial charge in [-0.1, -0.05) is 13.8 Å². The van der Waals surface area contributed by atoms with Crippen LogP contribution in [-0.4, -0.2) is 48.5 Å². The molecule has 0 radical (unpaired) electrons. The van der Waals surface area contributed by atoms with Gasteiger partial charge in [0.25, 0.3) is 11.8 Å². The first-order valence-electron chi connectivity index (χ1n) is 8.96. The zero-order chi connectivity index (χ0) is 19.3. The second-order valence-electron chi connectivity index (χ2n) is 7.03. The number of amides is 4. The van der Waals surface area contributed by atoms with Gasteiger partial charge in [0.05, 0.1) is 17.2 Å². The predicted octanol–water partition coefficient (Wildman–Crippen LogP) is 2.88. The number of benzene rings is 1. The van der Waals surface area contributed by atoms with Crippen LogP contribution in [0.3, 0.4) is 0 Å². The van der Waals surface area contributed by atoms with Crippen molar-refractivity contribution in [3.8, 4) is 0 Å². The molecule has 0 aliphatic carbocycles. The number of hydrogen-bond donors (Lipinski definition) is 2. The first-order valence-corrected chi connectivity index (χ1v) is 8.96. The van der Waals surface area contributed by atoms with Crippen molar-refractivity contribution in [2.24, 2.45) is 5.92 Å². The lowest BCUT2D eigenvalue weighted by Gasteiger charge is -2.15. The van der Waals surface area contributed by atoms with Crippen molar-refractivity contribution < 1.29 is 19.1 Å². The average Bonchev–Trinajstić information content (AvgIpc) is 2.78. The van der Waals surface area contributed by atoms with E-state index >= 15 is 0 Å². The van der Waals surface area contributed by atoms with Crippen molar-refractivity contribution in [2.45, 2.75) is 40.2 Å². The van der Waals surface area contributed by atoms with Gasteiger partial charge in [-0.15, -0.1) is 0 Å². The van der Waals surface area contributed by atoms with Crippen LogP contribution in [0.25, 0.3) is 0 Å². The second-order valence-corrected chi connectivity index (χ2v) is 7.03. The molecule has 0 bridgehead atoms. The van der Waals surface area contributed by atoms with Crippen LogP contribution in [0.5, 0.6) is 0 Å². The molecule has 1 aromatic carbocycles. The molecule has 1 heterocycles. The van der Waals surface area contributed by atoms with Gasteiger partial charge < -0.3 is 15.4 Å². The first kappa shape index (κ1) is 19.9. The molecule has 0 unspecified atom stereocenters. The molecule has 7 nitrogen and oxygen atoms in total. The van der Waals surface area contributed by atoms with Crippen LogP contribution < -0.4 is 10.6 Å². The third kappa shape index (κ3) is 5.05.